The van der Waals surface area contributed by atoms with Gasteiger partial charge >= 0.3 is 12.0 Å². The maximum atomic E-state index is 12.8. The van der Waals surface area contributed by atoms with Crippen LogP contribution >= 0.6 is 0 Å². The highest BCUT2D eigenvalue weighted by Gasteiger charge is 2.55. The van der Waals surface area contributed by atoms with Gasteiger partial charge in [0.15, 0.2) is 0 Å². The number of fused-ring (bicyclic) bond motifs is 2. The summed E-state index contributed by atoms with van der Waals surface area (Å²) in [5.41, 5.74) is 1.60. The number of aliphatic carboxylic acids is 1. The minimum absolute atomic E-state index is 0.0163. The number of benzene rings is 1. The summed E-state index contributed by atoms with van der Waals surface area (Å²) in [6.07, 6.45) is 3.05. The van der Waals surface area contributed by atoms with E-state index in [1.54, 1.807) is 9.80 Å². The second-order valence-electron chi connectivity index (χ2n) is 7.89. The number of ether oxygens (including phenoxy) is 1. The van der Waals surface area contributed by atoms with Crippen LogP contribution < -0.4 is 10.2 Å². The van der Waals surface area contributed by atoms with E-state index in [9.17, 15) is 19.5 Å². The molecule has 0 unspecified atom stereocenters. The molecule has 8 nitrogen and oxygen atoms in total. The lowest BCUT2D eigenvalue weighted by Gasteiger charge is -2.23. The molecule has 150 valence electrons. The topological polar surface area (TPSA) is 99.2 Å². The smallest absolute Gasteiger partial charge is 0.321 e. The summed E-state index contributed by atoms with van der Waals surface area (Å²) in [6, 6.07) is 5.23. The number of carbonyl (C=O) groups excluding carboxylic acids is 2. The van der Waals surface area contributed by atoms with E-state index < -0.39 is 11.4 Å². The molecular formula is C20H25N3O5. The van der Waals surface area contributed by atoms with Gasteiger partial charge in [-0.05, 0) is 37.3 Å². The molecule has 3 aliphatic rings. The quantitative estimate of drug-likeness (QED) is 0.823. The van der Waals surface area contributed by atoms with Gasteiger partial charge in [0.2, 0.25) is 0 Å². The molecule has 3 amide bonds. The number of anilines is 2. The number of amides is 3. The first-order valence-electron chi connectivity index (χ1n) is 9.67. The number of hydrogen-bond donors (Lipinski definition) is 2. The molecule has 0 spiro atoms. The molecule has 1 saturated carbocycles. The largest absolute Gasteiger partial charge is 0.481 e. The molecule has 2 atom stereocenters. The maximum absolute atomic E-state index is 12.8. The minimum Gasteiger partial charge on any atom is -0.481 e. The molecule has 2 N–H and O–H groups in total. The summed E-state index contributed by atoms with van der Waals surface area (Å²) in [7, 11) is 1.49. The number of hydrogen-bond acceptors (Lipinski definition) is 4. The summed E-state index contributed by atoms with van der Waals surface area (Å²) in [5, 5.41) is 12.7. The fourth-order valence-corrected chi connectivity index (χ4v) is 5.00. The van der Waals surface area contributed by atoms with E-state index in [1.807, 2.05) is 18.2 Å². The first-order valence-corrected chi connectivity index (χ1v) is 9.67. The lowest BCUT2D eigenvalue weighted by atomic mass is 9.81. The monoisotopic (exact) mass is 387 g/mol. The second-order valence-corrected chi connectivity index (χ2v) is 7.89. The maximum Gasteiger partial charge on any atom is 0.321 e. The number of nitrogens with zero attached hydrogens (tertiary/aromatic N) is 2. The van der Waals surface area contributed by atoms with Gasteiger partial charge in [-0.25, -0.2) is 4.79 Å². The molecule has 1 aromatic rings. The summed E-state index contributed by atoms with van der Waals surface area (Å²) in [5.74, 6) is -0.877. The Morgan fingerprint density at radius 2 is 2.18 bits per heavy atom. The van der Waals surface area contributed by atoms with Gasteiger partial charge in [-0.3, -0.25) is 9.59 Å². The third kappa shape index (κ3) is 2.92. The molecule has 0 aromatic heterocycles. The van der Waals surface area contributed by atoms with E-state index in [2.05, 4.69) is 5.32 Å². The number of carboxylic acid groups (broad SMARTS) is 1. The second kappa shape index (κ2) is 7.09. The predicted molar refractivity (Wildman–Crippen MR) is 102 cm³/mol. The SMILES string of the molecule is COCC(=O)N1CCc2c(NC(=O)N3C[C@@H]4CCC[C@@]4(C(=O)O)C3)cccc21. The Balaban J connectivity index is 1.50. The van der Waals surface area contributed by atoms with Crippen molar-refractivity contribution in [2.45, 2.75) is 25.7 Å². The van der Waals surface area contributed by atoms with Gasteiger partial charge in [0.05, 0.1) is 5.41 Å². The number of nitrogens with one attached hydrogen (secondary N) is 1. The highest BCUT2D eigenvalue weighted by Crippen LogP contribution is 2.49. The van der Waals surface area contributed by atoms with Gasteiger partial charge < -0.3 is 25.0 Å². The number of carboxylic acids is 1. The first kappa shape index (κ1) is 18.7. The molecule has 8 heteroatoms. The lowest BCUT2D eigenvalue weighted by Crippen LogP contribution is -2.38. The van der Waals surface area contributed by atoms with Crippen LogP contribution in [0.15, 0.2) is 18.2 Å². The fourth-order valence-electron chi connectivity index (χ4n) is 5.00. The van der Waals surface area contributed by atoms with E-state index in [0.717, 1.165) is 24.1 Å². The van der Waals surface area contributed by atoms with Crippen molar-refractivity contribution >= 4 is 29.3 Å². The standard InChI is InChI=1S/C20H25N3O5/c1-28-11-17(24)23-9-7-14-15(5-2-6-16(14)23)21-19(27)22-10-13-4-3-8-20(13,12-22)18(25)26/h2,5-6,13H,3-4,7-12H2,1H3,(H,21,27)(H,25,26)/t13-,20+/m0/s1. The van der Waals surface area contributed by atoms with Gasteiger partial charge in [0, 0.05) is 43.7 Å². The van der Waals surface area contributed by atoms with Crippen molar-refractivity contribution in [3.63, 3.8) is 0 Å². The zero-order chi connectivity index (χ0) is 19.9. The summed E-state index contributed by atoms with van der Waals surface area (Å²) in [4.78, 5) is 40.2. The van der Waals surface area contributed by atoms with Crippen LogP contribution in [-0.4, -0.2) is 61.3 Å². The van der Waals surface area contributed by atoms with Gasteiger partial charge in [0.1, 0.15) is 6.61 Å². The number of urea groups is 1. The van der Waals surface area contributed by atoms with E-state index in [1.165, 1.54) is 7.11 Å². The van der Waals surface area contributed by atoms with Crippen LogP contribution in [0.25, 0.3) is 0 Å². The minimum atomic E-state index is -0.793. The van der Waals surface area contributed by atoms with E-state index in [-0.39, 0.29) is 31.0 Å². The number of carbonyl (C=O) groups is 3. The molecule has 1 saturated heterocycles. The van der Waals surface area contributed by atoms with E-state index in [4.69, 9.17) is 4.74 Å². The Hall–Kier alpha value is -2.61. The molecule has 1 aromatic carbocycles. The number of methoxy groups -OCH3 is 1. The normalized spacial score (nSPS) is 25.5. The summed E-state index contributed by atoms with van der Waals surface area (Å²) in [6.45, 7) is 1.30. The molecule has 28 heavy (non-hydrogen) atoms. The van der Waals surface area contributed by atoms with Crippen molar-refractivity contribution in [3.05, 3.63) is 23.8 Å². The number of rotatable bonds is 4. The number of likely N-dealkylation sites (tertiary alicyclic amines) is 1. The van der Waals surface area contributed by atoms with Gasteiger partial charge in [-0.15, -0.1) is 0 Å². The van der Waals surface area contributed by atoms with E-state index >= 15 is 0 Å². The van der Waals surface area contributed by atoms with Crippen molar-refractivity contribution in [1.29, 1.82) is 0 Å². The van der Waals surface area contributed by atoms with Crippen LogP contribution in [0.2, 0.25) is 0 Å². The zero-order valence-electron chi connectivity index (χ0n) is 15.9. The zero-order valence-corrected chi connectivity index (χ0v) is 15.9. The third-order valence-corrected chi connectivity index (χ3v) is 6.42. The van der Waals surface area contributed by atoms with Crippen molar-refractivity contribution < 1.29 is 24.2 Å². The molecule has 2 aliphatic heterocycles. The van der Waals surface area contributed by atoms with Crippen LogP contribution in [0.1, 0.15) is 24.8 Å². The first-order chi connectivity index (χ1) is 13.5. The summed E-state index contributed by atoms with van der Waals surface area (Å²) >= 11 is 0. The van der Waals surface area contributed by atoms with Crippen LogP contribution in [0.3, 0.4) is 0 Å². The molecular weight excluding hydrogens is 362 g/mol. The average Bonchev–Trinajstić information content (AvgIpc) is 3.34. The van der Waals surface area contributed by atoms with Crippen LogP contribution in [0.4, 0.5) is 16.2 Å². The van der Waals surface area contributed by atoms with Crippen LogP contribution in [-0.2, 0) is 20.7 Å². The molecule has 2 fully saturated rings. The molecule has 4 rings (SSSR count). The van der Waals surface area contributed by atoms with Gasteiger partial charge in [0.25, 0.3) is 5.91 Å². The van der Waals surface area contributed by atoms with Gasteiger partial charge in [-0.2, -0.15) is 0 Å². The van der Waals surface area contributed by atoms with Gasteiger partial charge in [-0.1, -0.05) is 12.5 Å². The van der Waals surface area contributed by atoms with Crippen molar-refractivity contribution in [2.24, 2.45) is 11.3 Å². The Bertz CT molecular complexity index is 826. The fraction of sp³-hybridized carbons (Fsp3) is 0.550. The highest BCUT2D eigenvalue weighted by molar-refractivity contribution is 5.99. The average molecular weight is 387 g/mol. The predicted octanol–water partition coefficient (Wildman–Crippen LogP) is 1.94. The third-order valence-electron chi connectivity index (χ3n) is 6.42. The van der Waals surface area contributed by atoms with Crippen molar-refractivity contribution in [2.75, 3.05) is 43.6 Å². The Labute approximate surface area is 163 Å². The Morgan fingerprint density at radius 3 is 2.89 bits per heavy atom. The molecule has 0 radical (unpaired) electrons. The molecule has 0 bridgehead atoms. The van der Waals surface area contributed by atoms with Crippen LogP contribution in [0, 0.1) is 11.3 Å². The summed E-state index contributed by atoms with van der Waals surface area (Å²) < 4.78 is 4.94. The molecule has 2 heterocycles. The molecule has 1 aliphatic carbocycles. The Kier molecular flexibility index (Phi) is 4.74. The van der Waals surface area contributed by atoms with Crippen LogP contribution in [0.5, 0.6) is 0 Å². The Morgan fingerprint density at radius 1 is 1.36 bits per heavy atom. The highest BCUT2D eigenvalue weighted by atomic mass is 16.5. The van der Waals surface area contributed by atoms with E-state index in [0.29, 0.717) is 31.6 Å². The lowest BCUT2D eigenvalue weighted by molar-refractivity contribution is -0.149. The van der Waals surface area contributed by atoms with Crippen molar-refractivity contribution in [1.82, 2.24) is 4.90 Å². The van der Waals surface area contributed by atoms with Crippen molar-refractivity contribution in [3.8, 4) is 0 Å².